The van der Waals surface area contributed by atoms with E-state index in [-0.39, 0.29) is 18.6 Å². The third-order valence-corrected chi connectivity index (χ3v) is 3.70. The molecule has 0 bridgehead atoms. The Morgan fingerprint density at radius 2 is 1.71 bits per heavy atom. The Labute approximate surface area is 105 Å². The van der Waals surface area contributed by atoms with Crippen LogP contribution in [0.15, 0.2) is 0 Å². The van der Waals surface area contributed by atoms with Gasteiger partial charge < -0.3 is 20.0 Å². The maximum atomic E-state index is 9.29. The van der Waals surface area contributed by atoms with E-state index in [1.54, 1.807) is 0 Å². The Hall–Kier alpha value is -0.160. The molecule has 0 aromatic rings. The molecule has 0 atom stereocenters. The lowest BCUT2D eigenvalue weighted by Crippen LogP contribution is -2.45. The zero-order chi connectivity index (χ0) is 12.9. The summed E-state index contributed by atoms with van der Waals surface area (Å²) < 4.78 is 0. The molecule has 0 saturated carbocycles. The number of aliphatic hydroxyl groups excluding tert-OH is 2. The minimum atomic E-state index is -0.353. The first-order valence-electron chi connectivity index (χ1n) is 6.58. The SMILES string of the molecule is CN(C)CC1CCN(CC(C)(CO)CO)CC1. The maximum absolute atomic E-state index is 9.29. The first kappa shape index (κ1) is 14.9. The smallest absolute Gasteiger partial charge is 0.0519 e. The highest BCUT2D eigenvalue weighted by molar-refractivity contribution is 4.81. The lowest BCUT2D eigenvalue weighted by Gasteiger charge is -2.38. The normalized spacial score (nSPS) is 20.1. The van der Waals surface area contributed by atoms with Gasteiger partial charge in [0.1, 0.15) is 0 Å². The van der Waals surface area contributed by atoms with Crippen LogP contribution in [0, 0.1) is 11.3 Å². The Bertz CT molecular complexity index is 209. The fourth-order valence-corrected chi connectivity index (χ4v) is 2.53. The van der Waals surface area contributed by atoms with Crippen molar-refractivity contribution in [3.63, 3.8) is 0 Å². The fraction of sp³-hybridized carbons (Fsp3) is 1.00. The summed E-state index contributed by atoms with van der Waals surface area (Å²) in [6.07, 6.45) is 2.45. The number of hydrogen-bond donors (Lipinski definition) is 2. The Kier molecular flexibility index (Phi) is 5.86. The van der Waals surface area contributed by atoms with Crippen molar-refractivity contribution in [1.82, 2.24) is 9.80 Å². The van der Waals surface area contributed by atoms with E-state index in [0.29, 0.717) is 0 Å². The number of aliphatic hydroxyl groups is 2. The average Bonchev–Trinajstić information content (AvgIpc) is 2.31. The number of likely N-dealkylation sites (tertiary alicyclic amines) is 1. The van der Waals surface area contributed by atoms with E-state index in [9.17, 15) is 10.2 Å². The molecule has 1 aliphatic heterocycles. The van der Waals surface area contributed by atoms with E-state index in [0.717, 1.165) is 25.6 Å². The molecule has 0 radical (unpaired) electrons. The zero-order valence-electron chi connectivity index (χ0n) is 11.5. The van der Waals surface area contributed by atoms with Gasteiger partial charge in [-0.15, -0.1) is 0 Å². The van der Waals surface area contributed by atoms with Crippen molar-refractivity contribution in [2.24, 2.45) is 11.3 Å². The average molecular weight is 244 g/mol. The van der Waals surface area contributed by atoms with Crippen molar-refractivity contribution >= 4 is 0 Å². The summed E-state index contributed by atoms with van der Waals surface area (Å²) in [5.74, 6) is 0.802. The molecule has 1 rings (SSSR count). The van der Waals surface area contributed by atoms with Gasteiger partial charge in [-0.2, -0.15) is 0 Å². The highest BCUT2D eigenvalue weighted by atomic mass is 16.3. The molecule has 1 saturated heterocycles. The minimum Gasteiger partial charge on any atom is -0.396 e. The van der Waals surface area contributed by atoms with Crippen LogP contribution in [0.5, 0.6) is 0 Å². The van der Waals surface area contributed by atoms with Crippen LogP contribution in [-0.2, 0) is 0 Å². The zero-order valence-corrected chi connectivity index (χ0v) is 11.5. The lowest BCUT2D eigenvalue weighted by molar-refractivity contribution is 0.0236. The molecule has 2 N–H and O–H groups in total. The summed E-state index contributed by atoms with van der Waals surface area (Å²) in [4.78, 5) is 4.63. The number of nitrogens with zero attached hydrogens (tertiary/aromatic N) is 2. The van der Waals surface area contributed by atoms with E-state index in [2.05, 4.69) is 23.9 Å². The van der Waals surface area contributed by atoms with E-state index < -0.39 is 0 Å². The second-order valence-corrected chi connectivity index (χ2v) is 6.11. The van der Waals surface area contributed by atoms with Gasteiger partial charge in [0.25, 0.3) is 0 Å². The van der Waals surface area contributed by atoms with Crippen LogP contribution in [0.3, 0.4) is 0 Å². The van der Waals surface area contributed by atoms with Gasteiger partial charge in [-0.1, -0.05) is 6.92 Å². The monoisotopic (exact) mass is 244 g/mol. The van der Waals surface area contributed by atoms with Gasteiger partial charge in [0.15, 0.2) is 0 Å². The highest BCUT2D eigenvalue weighted by Gasteiger charge is 2.28. The predicted octanol–water partition coefficient (Wildman–Crippen LogP) is 0.251. The van der Waals surface area contributed by atoms with Gasteiger partial charge in [-0.3, -0.25) is 0 Å². The van der Waals surface area contributed by atoms with Crippen LogP contribution >= 0.6 is 0 Å². The molecule has 0 spiro atoms. The standard InChI is InChI=1S/C13H28N2O2/c1-13(10-16,11-17)9-15-6-4-12(5-7-15)8-14(2)3/h12,16-17H,4-11H2,1-3H3. The molecule has 4 nitrogen and oxygen atoms in total. The van der Waals surface area contributed by atoms with E-state index >= 15 is 0 Å². The summed E-state index contributed by atoms with van der Waals surface area (Å²) in [5, 5.41) is 18.6. The fourth-order valence-electron chi connectivity index (χ4n) is 2.53. The third-order valence-electron chi connectivity index (χ3n) is 3.70. The van der Waals surface area contributed by atoms with Gasteiger partial charge >= 0.3 is 0 Å². The molecule has 0 aliphatic carbocycles. The molecule has 0 amide bonds. The maximum Gasteiger partial charge on any atom is 0.0519 e. The molecule has 1 fully saturated rings. The molecule has 4 heteroatoms. The van der Waals surface area contributed by atoms with Crippen molar-refractivity contribution in [3.05, 3.63) is 0 Å². The van der Waals surface area contributed by atoms with Crippen molar-refractivity contribution < 1.29 is 10.2 Å². The number of piperidine rings is 1. The van der Waals surface area contributed by atoms with E-state index in [4.69, 9.17) is 0 Å². The van der Waals surface area contributed by atoms with Crippen LogP contribution in [0.4, 0.5) is 0 Å². The van der Waals surface area contributed by atoms with Crippen LogP contribution in [-0.4, -0.2) is 73.5 Å². The predicted molar refractivity (Wildman–Crippen MR) is 70.0 cm³/mol. The summed E-state index contributed by atoms with van der Waals surface area (Å²) in [7, 11) is 4.25. The summed E-state index contributed by atoms with van der Waals surface area (Å²) in [6, 6.07) is 0. The van der Waals surface area contributed by atoms with Crippen molar-refractivity contribution in [1.29, 1.82) is 0 Å². The minimum absolute atomic E-state index is 0.0567. The van der Waals surface area contributed by atoms with Crippen molar-refractivity contribution in [2.75, 3.05) is 53.5 Å². The first-order chi connectivity index (χ1) is 7.99. The highest BCUT2D eigenvalue weighted by Crippen LogP contribution is 2.22. The first-order valence-corrected chi connectivity index (χ1v) is 6.58. The molecule has 1 heterocycles. The second kappa shape index (κ2) is 6.69. The van der Waals surface area contributed by atoms with Crippen molar-refractivity contribution in [3.8, 4) is 0 Å². The number of hydrogen-bond acceptors (Lipinski definition) is 4. The molecule has 0 aromatic carbocycles. The molecule has 102 valence electrons. The Balaban J connectivity index is 2.32. The van der Waals surface area contributed by atoms with Gasteiger partial charge in [0, 0.05) is 18.5 Å². The Morgan fingerprint density at radius 3 is 2.12 bits per heavy atom. The van der Waals surface area contributed by atoms with Crippen LogP contribution < -0.4 is 0 Å². The third kappa shape index (κ3) is 4.92. The van der Waals surface area contributed by atoms with Crippen LogP contribution in [0.1, 0.15) is 19.8 Å². The number of rotatable bonds is 6. The molecular weight excluding hydrogens is 216 g/mol. The van der Waals surface area contributed by atoms with Gasteiger partial charge in [-0.25, -0.2) is 0 Å². The van der Waals surface area contributed by atoms with E-state index in [1.165, 1.54) is 19.4 Å². The molecule has 17 heavy (non-hydrogen) atoms. The van der Waals surface area contributed by atoms with Gasteiger partial charge in [0.2, 0.25) is 0 Å². The van der Waals surface area contributed by atoms with Crippen LogP contribution in [0.2, 0.25) is 0 Å². The molecule has 0 aromatic heterocycles. The van der Waals surface area contributed by atoms with Crippen molar-refractivity contribution in [2.45, 2.75) is 19.8 Å². The second-order valence-electron chi connectivity index (χ2n) is 6.11. The Morgan fingerprint density at radius 1 is 1.18 bits per heavy atom. The summed E-state index contributed by atoms with van der Waals surface area (Å²) >= 11 is 0. The molecular formula is C13H28N2O2. The summed E-state index contributed by atoms with van der Waals surface area (Å²) in [5.41, 5.74) is -0.353. The molecule has 0 unspecified atom stereocenters. The quantitative estimate of drug-likeness (QED) is 0.703. The lowest BCUT2D eigenvalue weighted by atomic mass is 9.89. The van der Waals surface area contributed by atoms with Gasteiger partial charge in [0.05, 0.1) is 13.2 Å². The summed E-state index contributed by atoms with van der Waals surface area (Å²) in [6.45, 7) is 6.21. The van der Waals surface area contributed by atoms with Gasteiger partial charge in [-0.05, 0) is 45.9 Å². The molecule has 1 aliphatic rings. The topological polar surface area (TPSA) is 46.9 Å². The van der Waals surface area contributed by atoms with E-state index in [1.807, 2.05) is 6.92 Å². The van der Waals surface area contributed by atoms with Crippen LogP contribution in [0.25, 0.3) is 0 Å². The largest absolute Gasteiger partial charge is 0.396 e.